The van der Waals surface area contributed by atoms with Crippen LogP contribution in [0.5, 0.6) is 0 Å². The predicted molar refractivity (Wildman–Crippen MR) is 97.4 cm³/mol. The van der Waals surface area contributed by atoms with E-state index in [0.29, 0.717) is 17.3 Å². The van der Waals surface area contributed by atoms with Gasteiger partial charge in [-0.1, -0.05) is 23.7 Å². The molecule has 2 aromatic rings. The number of carbonyl (C=O) groups is 1. The van der Waals surface area contributed by atoms with Gasteiger partial charge in [0.05, 0.1) is 22.6 Å². The summed E-state index contributed by atoms with van der Waals surface area (Å²) in [6.07, 6.45) is 0. The van der Waals surface area contributed by atoms with Crippen molar-refractivity contribution >= 4 is 33.3 Å². The molecular formula is C17H19ClN2O4S. The number of halogens is 1. The average molecular weight is 383 g/mol. The third-order valence-electron chi connectivity index (χ3n) is 3.55. The van der Waals surface area contributed by atoms with Crippen LogP contribution in [-0.4, -0.2) is 39.9 Å². The second-order valence-corrected chi connectivity index (χ2v) is 8.03. The second kappa shape index (κ2) is 7.86. The minimum atomic E-state index is -3.48. The highest BCUT2D eigenvalue weighted by atomic mass is 35.5. The van der Waals surface area contributed by atoms with Crippen molar-refractivity contribution in [3.8, 4) is 0 Å². The van der Waals surface area contributed by atoms with Gasteiger partial charge in [0, 0.05) is 26.3 Å². The first-order chi connectivity index (χ1) is 11.8. The molecule has 2 aromatic carbocycles. The molecule has 0 heterocycles. The van der Waals surface area contributed by atoms with E-state index in [2.05, 4.69) is 10.1 Å². The number of anilines is 1. The van der Waals surface area contributed by atoms with Gasteiger partial charge in [0.15, 0.2) is 0 Å². The molecule has 2 rings (SSSR count). The van der Waals surface area contributed by atoms with Crippen molar-refractivity contribution in [2.45, 2.75) is 11.4 Å². The van der Waals surface area contributed by atoms with Crippen molar-refractivity contribution < 1.29 is 17.9 Å². The van der Waals surface area contributed by atoms with Crippen LogP contribution in [0.4, 0.5) is 5.69 Å². The molecule has 25 heavy (non-hydrogen) atoms. The molecular weight excluding hydrogens is 364 g/mol. The molecule has 0 fully saturated rings. The Labute approximate surface area is 152 Å². The van der Waals surface area contributed by atoms with Crippen molar-refractivity contribution in [2.75, 3.05) is 26.5 Å². The molecule has 0 saturated heterocycles. The minimum Gasteiger partial charge on any atom is -0.465 e. The fraction of sp³-hybridized carbons (Fsp3) is 0.235. The molecule has 134 valence electrons. The van der Waals surface area contributed by atoms with E-state index in [1.807, 2.05) is 6.07 Å². The van der Waals surface area contributed by atoms with Gasteiger partial charge in [0.25, 0.3) is 0 Å². The predicted octanol–water partition coefficient (Wildman–Crippen LogP) is 2.99. The molecule has 0 radical (unpaired) electrons. The van der Waals surface area contributed by atoms with E-state index in [9.17, 15) is 13.2 Å². The summed E-state index contributed by atoms with van der Waals surface area (Å²) in [6, 6.07) is 11.6. The van der Waals surface area contributed by atoms with Gasteiger partial charge < -0.3 is 10.1 Å². The number of carbonyl (C=O) groups excluding carboxylic acids is 1. The number of methoxy groups -OCH3 is 1. The Balaban J connectivity index is 2.19. The third kappa shape index (κ3) is 4.50. The zero-order valence-corrected chi connectivity index (χ0v) is 15.7. The van der Waals surface area contributed by atoms with Crippen molar-refractivity contribution in [1.29, 1.82) is 0 Å². The summed E-state index contributed by atoms with van der Waals surface area (Å²) in [6.45, 7) is 0.388. The zero-order chi connectivity index (χ0) is 18.6. The number of nitrogens with one attached hydrogen (secondary N) is 1. The van der Waals surface area contributed by atoms with Crippen LogP contribution in [0.15, 0.2) is 47.4 Å². The van der Waals surface area contributed by atoms with Gasteiger partial charge in [0.1, 0.15) is 0 Å². The maximum atomic E-state index is 12.2. The first-order valence-corrected chi connectivity index (χ1v) is 9.20. The maximum Gasteiger partial charge on any atom is 0.339 e. The maximum absolute atomic E-state index is 12.2. The van der Waals surface area contributed by atoms with Gasteiger partial charge in [-0.25, -0.2) is 17.5 Å². The summed E-state index contributed by atoms with van der Waals surface area (Å²) in [5.74, 6) is -0.521. The van der Waals surface area contributed by atoms with Crippen molar-refractivity contribution in [3.63, 3.8) is 0 Å². The number of esters is 1. The van der Waals surface area contributed by atoms with Crippen LogP contribution in [-0.2, 0) is 21.3 Å². The molecule has 0 aliphatic heterocycles. The summed E-state index contributed by atoms with van der Waals surface area (Å²) >= 11 is 5.99. The molecule has 0 spiro atoms. The number of hydrogen-bond donors (Lipinski definition) is 1. The number of benzene rings is 2. The summed E-state index contributed by atoms with van der Waals surface area (Å²) < 4.78 is 30.2. The molecule has 0 bridgehead atoms. The third-order valence-corrected chi connectivity index (χ3v) is 5.69. The van der Waals surface area contributed by atoms with E-state index in [-0.39, 0.29) is 10.5 Å². The molecule has 0 saturated carbocycles. The largest absolute Gasteiger partial charge is 0.465 e. The lowest BCUT2D eigenvalue weighted by Gasteiger charge is -2.13. The van der Waals surface area contributed by atoms with Crippen LogP contribution in [0.3, 0.4) is 0 Å². The highest BCUT2D eigenvalue weighted by molar-refractivity contribution is 7.89. The molecule has 0 amide bonds. The summed E-state index contributed by atoms with van der Waals surface area (Å²) in [7, 11) is 0.782. The topological polar surface area (TPSA) is 75.7 Å². The lowest BCUT2D eigenvalue weighted by molar-refractivity contribution is 0.0601. The fourth-order valence-corrected chi connectivity index (χ4v) is 3.30. The minimum absolute atomic E-state index is 0.225. The van der Waals surface area contributed by atoms with Crippen LogP contribution < -0.4 is 5.32 Å². The Morgan fingerprint density at radius 2 is 1.92 bits per heavy atom. The number of hydrogen-bond acceptors (Lipinski definition) is 5. The Hall–Kier alpha value is -2.09. The normalized spacial score (nSPS) is 11.4. The van der Waals surface area contributed by atoms with Crippen LogP contribution in [0.25, 0.3) is 0 Å². The molecule has 0 atom stereocenters. The highest BCUT2D eigenvalue weighted by Crippen LogP contribution is 2.22. The average Bonchev–Trinajstić information content (AvgIpc) is 2.60. The second-order valence-electron chi connectivity index (χ2n) is 5.47. The van der Waals surface area contributed by atoms with E-state index in [1.165, 1.54) is 25.5 Å². The summed E-state index contributed by atoms with van der Waals surface area (Å²) in [5.41, 5.74) is 1.72. The van der Waals surface area contributed by atoms with Gasteiger partial charge in [-0.05, 0) is 35.9 Å². The zero-order valence-electron chi connectivity index (χ0n) is 14.1. The Bertz CT molecular complexity index is 882. The molecule has 0 aliphatic carbocycles. The van der Waals surface area contributed by atoms with Crippen molar-refractivity contribution in [2.24, 2.45) is 0 Å². The molecule has 8 heteroatoms. The van der Waals surface area contributed by atoms with Gasteiger partial charge >= 0.3 is 5.97 Å². The molecule has 6 nitrogen and oxygen atoms in total. The van der Waals surface area contributed by atoms with Gasteiger partial charge in [-0.2, -0.15) is 0 Å². The summed E-state index contributed by atoms with van der Waals surface area (Å²) in [4.78, 5) is 11.9. The molecule has 0 unspecified atom stereocenters. The van der Waals surface area contributed by atoms with Crippen molar-refractivity contribution in [1.82, 2.24) is 4.31 Å². The van der Waals surface area contributed by atoms with E-state index in [4.69, 9.17) is 11.6 Å². The van der Waals surface area contributed by atoms with Gasteiger partial charge in [0.2, 0.25) is 10.0 Å². The van der Waals surface area contributed by atoms with Crippen LogP contribution in [0.1, 0.15) is 15.9 Å². The van der Waals surface area contributed by atoms with Crippen molar-refractivity contribution in [3.05, 3.63) is 58.6 Å². The van der Waals surface area contributed by atoms with Gasteiger partial charge in [-0.15, -0.1) is 0 Å². The highest BCUT2D eigenvalue weighted by Gasteiger charge is 2.17. The lowest BCUT2D eigenvalue weighted by Crippen LogP contribution is -2.22. The standard InChI is InChI=1S/C17H19ClN2O4S/c1-20(2)25(22,23)14-6-4-5-12(9-14)11-19-13-7-8-16(18)15(10-13)17(21)24-3/h4-10,19H,11H2,1-3H3. The van der Waals surface area contributed by atoms with E-state index in [1.54, 1.807) is 36.4 Å². The Kier molecular flexibility index (Phi) is 6.05. The van der Waals surface area contributed by atoms with E-state index >= 15 is 0 Å². The quantitative estimate of drug-likeness (QED) is 0.777. The Morgan fingerprint density at radius 1 is 1.20 bits per heavy atom. The van der Waals surface area contributed by atoms with E-state index in [0.717, 1.165) is 5.56 Å². The fourth-order valence-electron chi connectivity index (χ4n) is 2.13. The molecule has 0 aliphatic rings. The number of ether oxygens (including phenoxy) is 1. The first kappa shape index (κ1) is 19.2. The summed E-state index contributed by atoms with van der Waals surface area (Å²) in [5, 5.41) is 3.44. The lowest BCUT2D eigenvalue weighted by atomic mass is 10.2. The number of nitrogens with zero attached hydrogens (tertiary/aromatic N) is 1. The Morgan fingerprint density at radius 3 is 2.56 bits per heavy atom. The van der Waals surface area contributed by atoms with Crippen LogP contribution in [0.2, 0.25) is 5.02 Å². The van der Waals surface area contributed by atoms with Crippen LogP contribution >= 0.6 is 11.6 Å². The van der Waals surface area contributed by atoms with E-state index < -0.39 is 16.0 Å². The number of sulfonamides is 1. The molecule has 1 N–H and O–H groups in total. The smallest absolute Gasteiger partial charge is 0.339 e. The molecule has 0 aromatic heterocycles. The van der Waals surface area contributed by atoms with Gasteiger partial charge in [-0.3, -0.25) is 0 Å². The first-order valence-electron chi connectivity index (χ1n) is 7.39. The van der Waals surface area contributed by atoms with Crippen LogP contribution in [0, 0.1) is 0 Å². The monoisotopic (exact) mass is 382 g/mol. The SMILES string of the molecule is COC(=O)c1cc(NCc2cccc(S(=O)(=O)N(C)C)c2)ccc1Cl. The number of rotatable bonds is 6.